The molecule has 24 atom stereocenters. The quantitative estimate of drug-likeness (QED) is 0.0334. The van der Waals surface area contributed by atoms with E-state index in [-0.39, 0.29) is 404 Å². The molecule has 7 saturated heterocycles. The molecule has 24 unspecified atom stereocenters. The Bertz CT molecular complexity index is 2860. The second-order valence-electron chi connectivity index (χ2n) is 29.7. The van der Waals surface area contributed by atoms with E-state index >= 15 is 0 Å². The zero-order valence-electron chi connectivity index (χ0n) is 56.6. The molecule has 7 aliphatic heterocycles. The van der Waals surface area contributed by atoms with Crippen LogP contribution in [-0.4, -0.2) is 236 Å². The van der Waals surface area contributed by atoms with Crippen LogP contribution in [0.25, 0.3) is 0 Å². The van der Waals surface area contributed by atoms with Crippen LogP contribution in [0.5, 0.6) is 0 Å². The number of hydrogen-bond acceptors (Lipinski definition) is 31. The molecular weight excluding hydrogens is 1770 g/mol. The van der Waals surface area contributed by atoms with E-state index in [0.717, 1.165) is 116 Å². The lowest BCUT2D eigenvalue weighted by Crippen LogP contribution is -2.39. The van der Waals surface area contributed by atoms with Crippen molar-refractivity contribution < 1.29 is 148 Å². The van der Waals surface area contributed by atoms with Crippen LogP contribution in [0.4, 0.5) is 0 Å². The Hall–Kier alpha value is -6.64. The van der Waals surface area contributed by atoms with Crippen molar-refractivity contribution >= 4 is 71.6 Å². The SMILES string of the molecule is C.C.C.C.C.C.C.C.C.C.C.C.C.C.C.C.C.C.C.C.C.C.C.C.C.C.C.C.C.C.C.C.C.C.C.C.O=C(COC(=O)C1CC2OC2CC1C(=O)OCC(=O)OCC1CCC2OC2C1)OCC1CCC2OC2C1.O=C(COC(=O)CC(C(=O)OCC(=O)OCC1CCC2OC2C1)C(CC(=O)OCC(=O)OCC1CCC2OC2C1)C(=O)OCC(=O)OCC1CCC2OC2C1)OCC1CCC2OC2C1. The monoisotopic (exact) mass is 2010 g/mol. The summed E-state index contributed by atoms with van der Waals surface area (Å²) in [6.45, 7) is -3.61. The normalized spacial score (nSPS) is 26.5. The third kappa shape index (κ3) is 58.5. The van der Waals surface area contributed by atoms with Crippen molar-refractivity contribution in [2.24, 2.45) is 59.2 Å². The molecule has 0 amide bonds. The van der Waals surface area contributed by atoms with Crippen molar-refractivity contribution in [3.63, 3.8) is 0 Å². The molecule has 7 heterocycles. The van der Waals surface area contributed by atoms with Gasteiger partial charge in [-0.3, -0.25) is 28.8 Å². The van der Waals surface area contributed by atoms with E-state index in [9.17, 15) is 57.5 Å². The lowest BCUT2D eigenvalue weighted by molar-refractivity contribution is -0.174. The Labute approximate surface area is 847 Å². The molecule has 0 N–H and O–H groups in total. The predicted octanol–water partition coefficient (Wildman–Crippen LogP) is 25.6. The molecule has 0 aromatic rings. The second-order valence-corrected chi connectivity index (χ2v) is 29.7. The minimum Gasteiger partial charge on any atom is -0.463 e. The molecule has 0 bridgehead atoms. The summed E-state index contributed by atoms with van der Waals surface area (Å²) in [6.07, 6.45) is 16.7. The summed E-state index contributed by atoms with van der Waals surface area (Å²) in [7, 11) is 0. The molecule has 31 heteroatoms. The summed E-state index contributed by atoms with van der Waals surface area (Å²) in [5.41, 5.74) is 0. The maximum absolute atomic E-state index is 13.8. The van der Waals surface area contributed by atoms with Crippen LogP contribution >= 0.6 is 0 Å². The highest BCUT2D eigenvalue weighted by molar-refractivity contribution is 5.91. The topological polar surface area (TPSA) is 403 Å². The van der Waals surface area contributed by atoms with Gasteiger partial charge in [-0.15, -0.1) is 0 Å². The van der Waals surface area contributed by atoms with Gasteiger partial charge >= 0.3 is 71.6 Å². The van der Waals surface area contributed by atoms with E-state index in [4.69, 9.17) is 90.0 Å². The molecule has 7 aliphatic carbocycles. The average molecular weight is 2010 g/mol. The van der Waals surface area contributed by atoms with Crippen molar-refractivity contribution in [1.82, 2.24) is 0 Å². The first-order valence-corrected chi connectivity index (χ1v) is 36.3. The van der Waals surface area contributed by atoms with Gasteiger partial charge in [0.1, 0.15) is 0 Å². The number of ether oxygens (including phenoxy) is 19. The summed E-state index contributed by atoms with van der Waals surface area (Å²) >= 11 is 0. The highest BCUT2D eigenvalue weighted by Crippen LogP contribution is 2.46. The number of epoxide rings is 7. The highest BCUT2D eigenvalue weighted by Gasteiger charge is 2.55. The molecule has 846 valence electrons. The maximum Gasteiger partial charge on any atom is 0.344 e. The molecule has 7 saturated carbocycles. The molecule has 0 spiro atoms. The van der Waals surface area contributed by atoms with Gasteiger partial charge in [-0.1, -0.05) is 267 Å². The molecule has 14 aliphatic rings. The van der Waals surface area contributed by atoms with Gasteiger partial charge in [0.05, 0.1) is 162 Å². The largest absolute Gasteiger partial charge is 0.463 e. The minimum atomic E-state index is -1.89. The summed E-state index contributed by atoms with van der Waals surface area (Å²) in [5, 5.41) is 0. The van der Waals surface area contributed by atoms with Crippen molar-refractivity contribution in [1.29, 1.82) is 0 Å². The van der Waals surface area contributed by atoms with Crippen molar-refractivity contribution in [3.05, 3.63) is 0 Å². The molecule has 137 heavy (non-hydrogen) atoms. The number of rotatable bonds is 33. The van der Waals surface area contributed by atoms with Crippen molar-refractivity contribution in [3.8, 4) is 0 Å². The average Bonchev–Trinajstić information content (AvgIpc) is 1.62. The van der Waals surface area contributed by atoms with Gasteiger partial charge in [-0.25, -0.2) is 28.8 Å². The fourth-order valence-corrected chi connectivity index (χ4v) is 15.8. The van der Waals surface area contributed by atoms with Crippen LogP contribution < -0.4 is 0 Å². The standard InChI is InChI=1S/C44H58O20.C26H34O11.36CH4/c45-37(57-19-39(47)53-15-23-1-5-29-33(9-23)61-29)13-27(43(51)59-21-41(49)55-17-25-3-7-31-35(11-25)63-31)28(44(52)60-22-42(50)56-18-26-4-8-32-36(12-26)64-32)14-38(46)58-20-40(48)54-16-24-2-6-30-34(10-24)62-30;27-23(31-9-13-1-3-17-19(5-13)35-17)11-33-25(29)15-7-21-22(37-21)8-16(15)26(30)34-12-24(28)32-10-14-2-4-18-20(6-14)36-18;;;;;;;;;;;;;;;;;;;;;;;;;;;;;;;;;;;;/h23-36H,1-22H2;13-22H,1-12H2;36*1H4. The molecule has 14 fully saturated rings. The van der Waals surface area contributed by atoms with E-state index in [0.29, 0.717) is 37.3 Å². The van der Waals surface area contributed by atoms with Crippen molar-refractivity contribution in [2.45, 2.75) is 494 Å². The molecule has 0 aromatic heterocycles. The third-order valence-electron chi connectivity index (χ3n) is 22.2. The zero-order valence-corrected chi connectivity index (χ0v) is 56.6. The van der Waals surface area contributed by atoms with E-state index in [1.165, 1.54) is 0 Å². The van der Waals surface area contributed by atoms with E-state index in [1.807, 2.05) is 0 Å². The van der Waals surface area contributed by atoms with Crippen LogP contribution in [0.3, 0.4) is 0 Å². The maximum atomic E-state index is 13.8. The molecule has 31 nitrogen and oxygen atoms in total. The molecule has 0 radical (unpaired) electrons. The van der Waals surface area contributed by atoms with Gasteiger partial charge in [0.25, 0.3) is 0 Å². The summed E-state index contributed by atoms with van der Waals surface area (Å²) in [6, 6.07) is 0. The highest BCUT2D eigenvalue weighted by atomic mass is 16.6. The van der Waals surface area contributed by atoms with Gasteiger partial charge in [0, 0.05) is 0 Å². The molecular formula is C106H236O31. The Morgan fingerprint density at radius 1 is 0.175 bits per heavy atom. The lowest BCUT2D eigenvalue weighted by atomic mass is 9.79. The number of hydrogen-bond donors (Lipinski definition) is 0. The van der Waals surface area contributed by atoms with Crippen LogP contribution in [0.2, 0.25) is 0 Å². The third-order valence-corrected chi connectivity index (χ3v) is 22.2. The van der Waals surface area contributed by atoms with E-state index < -0.39 is 148 Å². The summed E-state index contributed by atoms with van der Waals surface area (Å²) < 4.78 is 102. The smallest absolute Gasteiger partial charge is 0.344 e. The van der Waals surface area contributed by atoms with Crippen LogP contribution in [0, 0.1) is 59.2 Å². The Morgan fingerprint density at radius 3 is 0.504 bits per heavy atom. The minimum absolute atomic E-state index is 0. The Kier molecular flexibility index (Phi) is 126. The molecule has 14 rings (SSSR count). The summed E-state index contributed by atoms with van der Waals surface area (Å²) in [4.78, 5) is 154. The first kappa shape index (κ1) is 193. The van der Waals surface area contributed by atoms with Crippen LogP contribution in [0.15, 0.2) is 0 Å². The number of fused-ring (bicyclic) bond motifs is 7. The van der Waals surface area contributed by atoms with Crippen LogP contribution in [0.1, 0.15) is 409 Å². The van der Waals surface area contributed by atoms with Gasteiger partial charge in [-0.05, 0) is 164 Å². The fraction of sp³-hybridized carbons (Fsp3) is 0.887. The van der Waals surface area contributed by atoms with E-state index in [2.05, 4.69) is 0 Å². The summed E-state index contributed by atoms with van der Waals surface area (Å²) in [5.74, 6) is -15.6. The van der Waals surface area contributed by atoms with Crippen LogP contribution in [-0.2, 0) is 148 Å². The number of esters is 12. The zero-order chi connectivity index (χ0) is 70.3. The number of carbonyl (C=O) groups excluding carboxylic acids is 12. The first-order valence-electron chi connectivity index (χ1n) is 36.3. The van der Waals surface area contributed by atoms with Crippen molar-refractivity contribution in [2.75, 3.05) is 79.3 Å². The Morgan fingerprint density at radius 2 is 0.328 bits per heavy atom. The first-order chi connectivity index (χ1) is 48.8. The van der Waals surface area contributed by atoms with Gasteiger partial charge in [0.15, 0.2) is 39.6 Å². The van der Waals surface area contributed by atoms with E-state index in [1.54, 1.807) is 0 Å². The predicted molar refractivity (Wildman–Crippen MR) is 571 cm³/mol. The second kappa shape index (κ2) is 89.5. The van der Waals surface area contributed by atoms with Gasteiger partial charge in [-0.2, -0.15) is 0 Å². The lowest BCUT2D eigenvalue weighted by Gasteiger charge is -2.26. The number of carbonyl (C=O) groups is 12. The van der Waals surface area contributed by atoms with Gasteiger partial charge < -0.3 is 90.0 Å². The molecule has 0 aromatic carbocycles. The van der Waals surface area contributed by atoms with Gasteiger partial charge in [0.2, 0.25) is 0 Å². The Balaban J connectivity index is -0.0000000715. The fourth-order valence-electron chi connectivity index (χ4n) is 15.8.